The summed E-state index contributed by atoms with van der Waals surface area (Å²) in [6, 6.07) is 8.08. The molecule has 1 N–H and O–H groups in total. The van der Waals surface area contributed by atoms with Crippen LogP contribution in [0.2, 0.25) is 0 Å². The largest absolute Gasteiger partial charge is 0.384 e. The lowest BCUT2D eigenvalue weighted by Gasteiger charge is -2.31. The quantitative estimate of drug-likeness (QED) is 0.891. The molecule has 0 aliphatic heterocycles. The highest BCUT2D eigenvalue weighted by molar-refractivity contribution is 5.73. The van der Waals surface area contributed by atoms with Crippen molar-refractivity contribution >= 4 is 11.8 Å². The van der Waals surface area contributed by atoms with Gasteiger partial charge in [0.25, 0.3) is 0 Å². The van der Waals surface area contributed by atoms with Gasteiger partial charge in [-0.3, -0.25) is 0 Å². The van der Waals surface area contributed by atoms with Crippen molar-refractivity contribution in [2.45, 2.75) is 39.4 Å². The van der Waals surface area contributed by atoms with Gasteiger partial charge in [0.05, 0.1) is 11.3 Å². The van der Waals surface area contributed by atoms with E-state index >= 15 is 0 Å². The Balaban J connectivity index is 2.41. The van der Waals surface area contributed by atoms with Crippen LogP contribution in [-0.4, -0.2) is 38.2 Å². The fourth-order valence-corrected chi connectivity index (χ4v) is 2.25. The molecule has 1 aromatic heterocycles. The summed E-state index contributed by atoms with van der Waals surface area (Å²) in [6.45, 7) is 8.20. The second-order valence-electron chi connectivity index (χ2n) is 5.76. The van der Waals surface area contributed by atoms with Gasteiger partial charge in [-0.2, -0.15) is 5.10 Å². The SMILES string of the molecule is CCOC(C)(C)C(O)C(=Cc1ccc(C)cc1)n1cncn1. The van der Waals surface area contributed by atoms with Gasteiger partial charge in [-0.1, -0.05) is 29.8 Å². The van der Waals surface area contributed by atoms with Crippen LogP contribution < -0.4 is 0 Å². The molecule has 5 heteroatoms. The lowest BCUT2D eigenvalue weighted by atomic mass is 9.97. The van der Waals surface area contributed by atoms with Crippen LogP contribution in [0.15, 0.2) is 36.9 Å². The average molecular weight is 301 g/mol. The Bertz CT molecular complexity index is 616. The van der Waals surface area contributed by atoms with Crippen molar-refractivity contribution in [3.05, 3.63) is 48.0 Å². The fraction of sp³-hybridized carbons (Fsp3) is 0.412. The van der Waals surface area contributed by atoms with Crippen LogP contribution in [-0.2, 0) is 4.74 Å². The molecule has 22 heavy (non-hydrogen) atoms. The van der Waals surface area contributed by atoms with Gasteiger partial charge in [-0.25, -0.2) is 9.67 Å². The molecule has 1 unspecified atom stereocenters. The van der Waals surface area contributed by atoms with E-state index in [2.05, 4.69) is 10.1 Å². The van der Waals surface area contributed by atoms with Crippen LogP contribution in [0.3, 0.4) is 0 Å². The van der Waals surface area contributed by atoms with Gasteiger partial charge in [-0.15, -0.1) is 0 Å². The normalized spacial score (nSPS) is 14.1. The number of nitrogens with zero attached hydrogens (tertiary/aromatic N) is 3. The molecule has 0 radical (unpaired) electrons. The van der Waals surface area contributed by atoms with Crippen molar-refractivity contribution in [1.82, 2.24) is 14.8 Å². The minimum absolute atomic E-state index is 0.527. The third-order valence-corrected chi connectivity index (χ3v) is 3.53. The predicted octanol–water partition coefficient (Wildman–Crippen LogP) is 2.76. The summed E-state index contributed by atoms with van der Waals surface area (Å²) in [5.74, 6) is 0. The van der Waals surface area contributed by atoms with Gasteiger partial charge in [0.2, 0.25) is 0 Å². The molecule has 0 aliphatic rings. The Labute approximate surface area is 131 Å². The number of hydrogen-bond donors (Lipinski definition) is 1. The van der Waals surface area contributed by atoms with Crippen LogP contribution in [0.5, 0.6) is 0 Å². The number of aromatic nitrogens is 3. The van der Waals surface area contributed by atoms with Crippen molar-refractivity contribution in [2.24, 2.45) is 0 Å². The van der Waals surface area contributed by atoms with Crippen molar-refractivity contribution in [1.29, 1.82) is 0 Å². The standard InChI is InChI=1S/C17H23N3O2/c1-5-22-17(3,4)16(21)15(20-12-18-11-19-20)10-14-8-6-13(2)7-9-14/h6-12,16,21H,5H2,1-4H3. The zero-order valence-electron chi connectivity index (χ0n) is 13.5. The van der Waals surface area contributed by atoms with E-state index in [1.54, 1.807) is 11.0 Å². The molecule has 2 rings (SSSR count). The summed E-state index contributed by atoms with van der Waals surface area (Å²) in [5, 5.41) is 14.9. The van der Waals surface area contributed by atoms with Crippen LogP contribution >= 0.6 is 0 Å². The van der Waals surface area contributed by atoms with Crippen molar-refractivity contribution in [3.8, 4) is 0 Å². The average Bonchev–Trinajstić information content (AvgIpc) is 3.00. The Kier molecular flexibility index (Phi) is 5.11. The molecule has 2 aromatic rings. The van der Waals surface area contributed by atoms with E-state index in [-0.39, 0.29) is 0 Å². The maximum atomic E-state index is 10.8. The monoisotopic (exact) mass is 301 g/mol. The third kappa shape index (κ3) is 3.81. The summed E-state index contributed by atoms with van der Waals surface area (Å²) >= 11 is 0. The van der Waals surface area contributed by atoms with E-state index in [0.717, 1.165) is 5.56 Å². The third-order valence-electron chi connectivity index (χ3n) is 3.53. The molecular weight excluding hydrogens is 278 g/mol. The molecule has 0 saturated carbocycles. The maximum Gasteiger partial charge on any atom is 0.138 e. The van der Waals surface area contributed by atoms with Gasteiger partial charge in [0, 0.05) is 6.61 Å². The number of benzene rings is 1. The Morgan fingerprint density at radius 1 is 1.36 bits per heavy atom. The fourth-order valence-electron chi connectivity index (χ4n) is 2.25. The summed E-state index contributed by atoms with van der Waals surface area (Å²) in [7, 11) is 0. The molecule has 0 spiro atoms. The molecule has 0 bridgehead atoms. The molecule has 0 aliphatic carbocycles. The van der Waals surface area contributed by atoms with E-state index in [4.69, 9.17) is 4.74 Å². The Hall–Kier alpha value is -1.98. The molecule has 0 saturated heterocycles. The second-order valence-corrected chi connectivity index (χ2v) is 5.76. The van der Waals surface area contributed by atoms with E-state index in [1.807, 2.05) is 58.0 Å². The highest BCUT2D eigenvalue weighted by atomic mass is 16.5. The first-order valence-corrected chi connectivity index (χ1v) is 7.39. The van der Waals surface area contributed by atoms with E-state index in [1.165, 1.54) is 11.9 Å². The summed E-state index contributed by atoms with van der Waals surface area (Å²) in [4.78, 5) is 3.97. The summed E-state index contributed by atoms with van der Waals surface area (Å²) < 4.78 is 7.25. The topological polar surface area (TPSA) is 60.2 Å². The smallest absolute Gasteiger partial charge is 0.138 e. The molecule has 1 atom stereocenters. The van der Waals surface area contributed by atoms with Crippen LogP contribution in [0.1, 0.15) is 31.9 Å². The van der Waals surface area contributed by atoms with Crippen LogP contribution in [0, 0.1) is 6.92 Å². The van der Waals surface area contributed by atoms with Gasteiger partial charge < -0.3 is 9.84 Å². The number of hydrogen-bond acceptors (Lipinski definition) is 4. The number of aliphatic hydroxyl groups is 1. The number of ether oxygens (including phenoxy) is 1. The van der Waals surface area contributed by atoms with Crippen LogP contribution in [0.4, 0.5) is 0 Å². The van der Waals surface area contributed by atoms with Gasteiger partial charge in [0.1, 0.15) is 18.8 Å². The number of aryl methyl sites for hydroxylation is 1. The number of aliphatic hydroxyl groups excluding tert-OH is 1. The molecule has 1 aromatic carbocycles. The first-order chi connectivity index (χ1) is 10.4. The molecule has 1 heterocycles. The van der Waals surface area contributed by atoms with Crippen molar-refractivity contribution < 1.29 is 9.84 Å². The molecular formula is C17H23N3O2. The molecule has 118 valence electrons. The lowest BCUT2D eigenvalue weighted by molar-refractivity contribution is -0.0753. The van der Waals surface area contributed by atoms with Crippen molar-refractivity contribution in [3.63, 3.8) is 0 Å². The molecule has 0 amide bonds. The highest BCUT2D eigenvalue weighted by Gasteiger charge is 2.32. The minimum atomic E-state index is -0.838. The first kappa shape index (κ1) is 16.4. The predicted molar refractivity (Wildman–Crippen MR) is 87.1 cm³/mol. The lowest BCUT2D eigenvalue weighted by Crippen LogP contribution is -2.41. The number of rotatable bonds is 6. The minimum Gasteiger partial charge on any atom is -0.384 e. The van der Waals surface area contributed by atoms with Crippen LogP contribution in [0.25, 0.3) is 11.8 Å². The van der Waals surface area contributed by atoms with E-state index in [0.29, 0.717) is 12.3 Å². The zero-order valence-corrected chi connectivity index (χ0v) is 13.5. The molecule has 5 nitrogen and oxygen atoms in total. The van der Waals surface area contributed by atoms with Gasteiger partial charge in [-0.05, 0) is 39.3 Å². The van der Waals surface area contributed by atoms with Gasteiger partial charge in [0.15, 0.2) is 0 Å². The second kappa shape index (κ2) is 6.85. The molecule has 0 fully saturated rings. The first-order valence-electron chi connectivity index (χ1n) is 7.39. The zero-order chi connectivity index (χ0) is 16.2. The van der Waals surface area contributed by atoms with Gasteiger partial charge >= 0.3 is 0 Å². The van der Waals surface area contributed by atoms with E-state index in [9.17, 15) is 5.11 Å². The Morgan fingerprint density at radius 2 is 2.05 bits per heavy atom. The van der Waals surface area contributed by atoms with E-state index < -0.39 is 11.7 Å². The summed E-state index contributed by atoms with van der Waals surface area (Å²) in [5.41, 5.74) is 2.08. The van der Waals surface area contributed by atoms with Crippen molar-refractivity contribution in [2.75, 3.05) is 6.61 Å². The summed E-state index contributed by atoms with van der Waals surface area (Å²) in [6.07, 6.45) is 4.09. The highest BCUT2D eigenvalue weighted by Crippen LogP contribution is 2.25. The Morgan fingerprint density at radius 3 is 2.59 bits per heavy atom. The maximum absolute atomic E-state index is 10.8.